The second-order valence-corrected chi connectivity index (χ2v) is 7.68. The monoisotopic (exact) mass is 421 g/mol. The summed E-state index contributed by atoms with van der Waals surface area (Å²) in [6.07, 6.45) is 3.42. The number of hydrogen-bond donors (Lipinski definition) is 3. The fraction of sp³-hybridized carbons (Fsp3) is 0.143. The summed E-state index contributed by atoms with van der Waals surface area (Å²) < 4.78 is 4.70. The van der Waals surface area contributed by atoms with Crippen LogP contribution in [0.2, 0.25) is 0 Å². The van der Waals surface area contributed by atoms with E-state index in [2.05, 4.69) is 25.8 Å². The molecule has 0 aliphatic carbocycles. The summed E-state index contributed by atoms with van der Waals surface area (Å²) in [6.45, 7) is 1.93. The Labute approximate surface area is 176 Å². The van der Waals surface area contributed by atoms with Crippen molar-refractivity contribution >= 4 is 50.6 Å². The first-order chi connectivity index (χ1) is 14.5. The molecule has 30 heavy (non-hydrogen) atoms. The van der Waals surface area contributed by atoms with E-state index in [1.54, 1.807) is 6.20 Å². The minimum atomic E-state index is -0.303. The van der Waals surface area contributed by atoms with E-state index in [4.69, 9.17) is 4.74 Å². The lowest BCUT2D eigenvalue weighted by molar-refractivity contribution is -0.139. The third-order valence-corrected chi connectivity index (χ3v) is 5.47. The average Bonchev–Trinajstić information content (AvgIpc) is 3.40. The van der Waals surface area contributed by atoms with Gasteiger partial charge in [-0.1, -0.05) is 29.5 Å². The van der Waals surface area contributed by atoms with Crippen molar-refractivity contribution in [1.82, 2.24) is 15.2 Å². The summed E-state index contributed by atoms with van der Waals surface area (Å²) in [6, 6.07) is 11.3. The molecule has 0 atom stereocenters. The molecule has 1 amide bonds. The van der Waals surface area contributed by atoms with Gasteiger partial charge < -0.3 is 15.4 Å². The van der Waals surface area contributed by atoms with Crippen LogP contribution < -0.4 is 10.6 Å². The molecule has 2 aromatic carbocycles. The van der Waals surface area contributed by atoms with Crippen LogP contribution in [-0.2, 0) is 16.0 Å². The van der Waals surface area contributed by atoms with Crippen molar-refractivity contribution in [2.45, 2.75) is 13.3 Å². The van der Waals surface area contributed by atoms with Gasteiger partial charge in [0.25, 0.3) is 5.91 Å². The highest BCUT2D eigenvalue weighted by Gasteiger charge is 2.15. The van der Waals surface area contributed by atoms with Gasteiger partial charge in [0, 0.05) is 11.1 Å². The number of aryl methyl sites for hydroxylation is 1. The topological polar surface area (TPSA) is 109 Å². The van der Waals surface area contributed by atoms with Crippen molar-refractivity contribution in [3.8, 4) is 0 Å². The van der Waals surface area contributed by atoms with Gasteiger partial charge in [-0.3, -0.25) is 14.7 Å². The molecule has 0 unspecified atom stereocenters. The number of rotatable bonds is 6. The number of esters is 1. The fourth-order valence-corrected chi connectivity index (χ4v) is 3.76. The number of anilines is 3. The molecule has 0 radical (unpaired) electrons. The molecule has 0 aliphatic rings. The van der Waals surface area contributed by atoms with Crippen LogP contribution in [0.4, 0.5) is 16.5 Å². The minimum Gasteiger partial charge on any atom is -0.469 e. The lowest BCUT2D eigenvalue weighted by Crippen LogP contribution is -2.11. The lowest BCUT2D eigenvalue weighted by Gasteiger charge is -2.08. The number of carbonyl (C=O) groups is 2. The Morgan fingerprint density at radius 1 is 1.20 bits per heavy atom. The standard InChI is InChI=1S/C21H19N5O3S/c1-12-6-7-16-15(10-23-26-16)19(12)25-20(28)17-11-22-21(30-17)24-14-5-3-4-13(8-14)9-18(27)29-2/h3-8,10-11H,9H2,1-2H3,(H,22,24)(H,23,26)(H,25,28). The fourth-order valence-electron chi connectivity index (χ4n) is 3.03. The zero-order chi connectivity index (χ0) is 21.1. The number of benzene rings is 2. The van der Waals surface area contributed by atoms with E-state index < -0.39 is 0 Å². The van der Waals surface area contributed by atoms with E-state index >= 15 is 0 Å². The summed E-state index contributed by atoms with van der Waals surface area (Å²) in [7, 11) is 1.36. The summed E-state index contributed by atoms with van der Waals surface area (Å²) in [5.74, 6) is -0.542. The van der Waals surface area contributed by atoms with Crippen LogP contribution in [0, 0.1) is 6.92 Å². The summed E-state index contributed by atoms with van der Waals surface area (Å²) in [5.41, 5.74) is 4.13. The van der Waals surface area contributed by atoms with Crippen LogP contribution in [0.5, 0.6) is 0 Å². The van der Waals surface area contributed by atoms with Crippen LogP contribution in [0.1, 0.15) is 20.8 Å². The third-order valence-electron chi connectivity index (χ3n) is 4.55. The molecule has 0 fully saturated rings. The van der Waals surface area contributed by atoms with E-state index in [1.165, 1.54) is 24.6 Å². The van der Waals surface area contributed by atoms with Crippen LogP contribution in [0.25, 0.3) is 10.9 Å². The number of thiazole rings is 1. The number of amides is 1. The largest absolute Gasteiger partial charge is 0.469 e. The van der Waals surface area contributed by atoms with Gasteiger partial charge in [-0.25, -0.2) is 4.98 Å². The maximum absolute atomic E-state index is 12.8. The smallest absolute Gasteiger partial charge is 0.309 e. The van der Waals surface area contributed by atoms with E-state index in [1.807, 2.05) is 43.3 Å². The van der Waals surface area contributed by atoms with E-state index in [0.717, 1.165) is 33.4 Å². The molecule has 8 nitrogen and oxygen atoms in total. The van der Waals surface area contributed by atoms with Crippen molar-refractivity contribution in [2.75, 3.05) is 17.7 Å². The molecule has 4 aromatic rings. The zero-order valence-electron chi connectivity index (χ0n) is 16.4. The van der Waals surface area contributed by atoms with E-state index in [-0.39, 0.29) is 18.3 Å². The molecule has 0 saturated carbocycles. The van der Waals surface area contributed by atoms with Gasteiger partial charge >= 0.3 is 5.97 Å². The molecule has 9 heteroatoms. The number of H-pyrrole nitrogens is 1. The molecule has 2 aromatic heterocycles. The lowest BCUT2D eigenvalue weighted by atomic mass is 10.1. The second-order valence-electron chi connectivity index (χ2n) is 6.65. The van der Waals surface area contributed by atoms with Crippen LogP contribution in [0.3, 0.4) is 0 Å². The van der Waals surface area contributed by atoms with Crippen molar-refractivity contribution in [2.24, 2.45) is 0 Å². The second kappa shape index (κ2) is 8.34. The van der Waals surface area contributed by atoms with Crippen molar-refractivity contribution in [3.63, 3.8) is 0 Å². The molecule has 0 bridgehead atoms. The molecular formula is C21H19N5O3S. The third kappa shape index (κ3) is 4.15. The highest BCUT2D eigenvalue weighted by molar-refractivity contribution is 7.17. The normalized spacial score (nSPS) is 10.7. The first kappa shape index (κ1) is 19.6. The van der Waals surface area contributed by atoms with Gasteiger partial charge in [0.2, 0.25) is 0 Å². The Kier molecular flexibility index (Phi) is 5.44. The number of fused-ring (bicyclic) bond motifs is 1. The number of aromatic nitrogens is 3. The maximum atomic E-state index is 12.8. The minimum absolute atomic E-state index is 0.191. The number of methoxy groups -OCH3 is 1. The van der Waals surface area contributed by atoms with Crippen LogP contribution in [0.15, 0.2) is 48.8 Å². The Morgan fingerprint density at radius 2 is 2.07 bits per heavy atom. The Balaban J connectivity index is 1.48. The predicted molar refractivity (Wildman–Crippen MR) is 116 cm³/mol. The highest BCUT2D eigenvalue weighted by atomic mass is 32.1. The van der Waals surface area contributed by atoms with Gasteiger partial charge in [-0.15, -0.1) is 0 Å². The molecule has 0 spiro atoms. The predicted octanol–water partition coefficient (Wildman–Crippen LogP) is 4.04. The number of nitrogens with zero attached hydrogens (tertiary/aromatic N) is 2. The summed E-state index contributed by atoms with van der Waals surface area (Å²) in [4.78, 5) is 29.0. The molecule has 3 N–H and O–H groups in total. The molecule has 0 saturated heterocycles. The highest BCUT2D eigenvalue weighted by Crippen LogP contribution is 2.28. The number of aromatic amines is 1. The molecule has 152 valence electrons. The van der Waals surface area contributed by atoms with E-state index in [9.17, 15) is 9.59 Å². The van der Waals surface area contributed by atoms with Gasteiger partial charge in [-0.2, -0.15) is 5.10 Å². The summed E-state index contributed by atoms with van der Waals surface area (Å²) in [5, 5.41) is 14.5. The number of hydrogen-bond acceptors (Lipinski definition) is 7. The number of nitrogens with one attached hydrogen (secondary N) is 3. The molecule has 4 rings (SSSR count). The first-order valence-electron chi connectivity index (χ1n) is 9.16. The van der Waals surface area contributed by atoms with Gasteiger partial charge in [-0.05, 0) is 36.2 Å². The Morgan fingerprint density at radius 3 is 2.90 bits per heavy atom. The van der Waals surface area contributed by atoms with E-state index in [0.29, 0.717) is 10.0 Å². The van der Waals surface area contributed by atoms with Gasteiger partial charge in [0.1, 0.15) is 4.88 Å². The number of carbonyl (C=O) groups excluding carboxylic acids is 2. The Hall–Kier alpha value is -3.72. The van der Waals surface area contributed by atoms with Crippen molar-refractivity contribution in [3.05, 3.63) is 64.8 Å². The quantitative estimate of drug-likeness (QED) is 0.406. The molecule has 2 heterocycles. The average molecular weight is 421 g/mol. The Bertz CT molecular complexity index is 1230. The first-order valence-corrected chi connectivity index (χ1v) is 9.98. The van der Waals surface area contributed by atoms with Gasteiger partial charge in [0.15, 0.2) is 5.13 Å². The maximum Gasteiger partial charge on any atom is 0.309 e. The molecule has 0 aliphatic heterocycles. The van der Waals surface area contributed by atoms with Crippen molar-refractivity contribution in [1.29, 1.82) is 0 Å². The van der Waals surface area contributed by atoms with Crippen molar-refractivity contribution < 1.29 is 14.3 Å². The zero-order valence-corrected chi connectivity index (χ0v) is 17.2. The summed E-state index contributed by atoms with van der Waals surface area (Å²) >= 11 is 1.24. The van der Waals surface area contributed by atoms with Crippen LogP contribution in [-0.4, -0.2) is 34.2 Å². The van der Waals surface area contributed by atoms with Gasteiger partial charge in [0.05, 0.1) is 37.1 Å². The SMILES string of the molecule is COC(=O)Cc1cccc(Nc2ncc(C(=O)Nc3c(C)ccc4[nH]ncc34)s2)c1. The van der Waals surface area contributed by atoms with Crippen LogP contribution >= 0.6 is 11.3 Å². The number of ether oxygens (including phenoxy) is 1. The molecular weight excluding hydrogens is 402 g/mol.